The van der Waals surface area contributed by atoms with Gasteiger partial charge < -0.3 is 0 Å². The molecule has 118 valence electrons. The van der Waals surface area contributed by atoms with E-state index >= 15 is 0 Å². The summed E-state index contributed by atoms with van der Waals surface area (Å²) in [4.78, 5) is 11.0. The van der Waals surface area contributed by atoms with Gasteiger partial charge in [0.15, 0.2) is 5.69 Å². The van der Waals surface area contributed by atoms with Gasteiger partial charge in [-0.3, -0.25) is 9.48 Å². The van der Waals surface area contributed by atoms with Crippen molar-refractivity contribution in [1.82, 2.24) is 15.2 Å². The van der Waals surface area contributed by atoms with Gasteiger partial charge in [-0.25, -0.2) is 5.43 Å². The van der Waals surface area contributed by atoms with Crippen LogP contribution in [0.2, 0.25) is 5.02 Å². The molecule has 1 unspecified atom stereocenters. The first-order chi connectivity index (χ1) is 10.3. The van der Waals surface area contributed by atoms with Crippen LogP contribution < -0.4 is 5.43 Å². The maximum Gasteiger partial charge on any atom is 0.435 e. The molecule has 0 saturated heterocycles. The van der Waals surface area contributed by atoms with Crippen molar-refractivity contribution in [3.63, 3.8) is 0 Å². The number of halogens is 4. The summed E-state index contributed by atoms with van der Waals surface area (Å²) >= 11 is 7.29. The lowest BCUT2D eigenvalue weighted by molar-refractivity contribution is -0.141. The molecule has 1 amide bonds. The zero-order valence-electron chi connectivity index (χ0n) is 11.1. The number of carbonyl (C=O) groups excluding carboxylic acids is 1. The minimum absolute atomic E-state index is 0.309. The number of hydrogen-bond acceptors (Lipinski definition) is 4. The summed E-state index contributed by atoms with van der Waals surface area (Å²) in [6.07, 6.45) is -2.96. The molecule has 0 radical (unpaired) electrons. The highest BCUT2D eigenvalue weighted by molar-refractivity contribution is 7.12. The lowest BCUT2D eigenvalue weighted by Gasteiger charge is -2.14. The quantitative estimate of drug-likeness (QED) is 0.511. The lowest BCUT2D eigenvalue weighted by Crippen LogP contribution is -2.21. The molecule has 2 heterocycles. The normalized spacial score (nSPS) is 14.0. The molecule has 2 rings (SSSR count). The Morgan fingerprint density at radius 3 is 2.77 bits per heavy atom. The fourth-order valence-corrected chi connectivity index (χ4v) is 2.96. The number of carbonyl (C=O) groups is 1. The largest absolute Gasteiger partial charge is 0.435 e. The minimum Gasteiger partial charge on any atom is -0.277 e. The molecule has 0 fully saturated rings. The predicted molar refractivity (Wildman–Crippen MR) is 77.0 cm³/mol. The summed E-state index contributed by atoms with van der Waals surface area (Å²) in [6.45, 7) is 1.61. The van der Waals surface area contributed by atoms with Gasteiger partial charge in [0.1, 0.15) is 5.71 Å². The summed E-state index contributed by atoms with van der Waals surface area (Å²) in [5, 5.41) is 9.49. The van der Waals surface area contributed by atoms with Crippen LogP contribution in [0.1, 0.15) is 23.5 Å². The molecule has 0 aromatic carbocycles. The van der Waals surface area contributed by atoms with E-state index in [4.69, 9.17) is 11.6 Å². The highest BCUT2D eigenvalue weighted by atomic mass is 35.5. The fraction of sp³-hybridized carbons (Fsp3) is 0.250. The molecule has 22 heavy (non-hydrogen) atoms. The van der Waals surface area contributed by atoms with E-state index in [0.717, 1.165) is 10.7 Å². The van der Waals surface area contributed by atoms with Gasteiger partial charge >= 0.3 is 6.18 Å². The van der Waals surface area contributed by atoms with E-state index in [2.05, 4.69) is 15.6 Å². The van der Waals surface area contributed by atoms with Crippen molar-refractivity contribution in [1.29, 1.82) is 0 Å². The molecule has 0 aliphatic carbocycles. The van der Waals surface area contributed by atoms with Gasteiger partial charge in [-0.1, -0.05) is 11.6 Å². The number of hydrazone groups is 1. The maximum atomic E-state index is 12.6. The van der Waals surface area contributed by atoms with Crippen molar-refractivity contribution in [3.8, 4) is 0 Å². The first-order valence-corrected chi connectivity index (χ1v) is 7.23. The zero-order chi connectivity index (χ0) is 16.3. The summed E-state index contributed by atoms with van der Waals surface area (Å²) in [5.74, 6) is 0. The first kappa shape index (κ1) is 16.5. The van der Waals surface area contributed by atoms with Crippen molar-refractivity contribution in [2.75, 3.05) is 0 Å². The van der Waals surface area contributed by atoms with Crippen molar-refractivity contribution < 1.29 is 18.0 Å². The standard InChI is InChI=1S/C12H10ClF3N4OS/c1-7(20-4-2-9(19-20)12(14,15)16)10(18-17-6-21)11-8(13)3-5-22-11/h2-7H,1H3,(H,17,21). The van der Waals surface area contributed by atoms with Crippen LogP contribution in [-0.4, -0.2) is 21.9 Å². The van der Waals surface area contributed by atoms with E-state index in [1.165, 1.54) is 17.5 Å². The summed E-state index contributed by atoms with van der Waals surface area (Å²) < 4.78 is 39.0. The van der Waals surface area contributed by atoms with Gasteiger partial charge in [0.25, 0.3) is 0 Å². The van der Waals surface area contributed by atoms with Gasteiger partial charge in [0.2, 0.25) is 6.41 Å². The van der Waals surface area contributed by atoms with Gasteiger partial charge in [-0.15, -0.1) is 11.3 Å². The molecule has 5 nitrogen and oxygen atoms in total. The van der Waals surface area contributed by atoms with Gasteiger partial charge in [-0.05, 0) is 24.4 Å². The van der Waals surface area contributed by atoms with Crippen LogP contribution in [-0.2, 0) is 11.0 Å². The summed E-state index contributed by atoms with van der Waals surface area (Å²) in [7, 11) is 0. The highest BCUT2D eigenvalue weighted by Crippen LogP contribution is 2.30. The molecule has 0 saturated carbocycles. The van der Waals surface area contributed by atoms with E-state index in [9.17, 15) is 18.0 Å². The second-order valence-corrected chi connectivity index (χ2v) is 5.52. The topological polar surface area (TPSA) is 59.3 Å². The SMILES string of the molecule is CC(C(=NNC=O)c1sccc1Cl)n1ccc(C(F)(F)F)n1. The lowest BCUT2D eigenvalue weighted by atomic mass is 10.2. The molecule has 0 aliphatic heterocycles. The Bertz CT molecular complexity index is 695. The Morgan fingerprint density at radius 1 is 1.55 bits per heavy atom. The van der Waals surface area contributed by atoms with E-state index < -0.39 is 17.9 Å². The predicted octanol–water partition coefficient (Wildman–Crippen LogP) is 3.33. The Hall–Kier alpha value is -1.87. The number of nitrogens with one attached hydrogen (secondary N) is 1. The Labute approximate surface area is 132 Å². The van der Waals surface area contributed by atoms with Gasteiger partial charge in [-0.2, -0.15) is 23.4 Å². The van der Waals surface area contributed by atoms with Crippen molar-refractivity contribution in [3.05, 3.63) is 39.3 Å². The average Bonchev–Trinajstić information content (AvgIpc) is 3.08. The highest BCUT2D eigenvalue weighted by Gasteiger charge is 2.34. The molecular formula is C12H10ClF3N4OS. The Kier molecular flexibility index (Phi) is 4.87. The van der Waals surface area contributed by atoms with Crippen LogP contribution >= 0.6 is 22.9 Å². The van der Waals surface area contributed by atoms with Crippen LogP contribution in [0, 0.1) is 0 Å². The maximum absolute atomic E-state index is 12.6. The van der Waals surface area contributed by atoms with Gasteiger partial charge in [0.05, 0.1) is 15.9 Å². The van der Waals surface area contributed by atoms with Crippen molar-refractivity contribution in [2.45, 2.75) is 19.1 Å². The molecule has 0 bridgehead atoms. The molecule has 0 spiro atoms. The van der Waals surface area contributed by atoms with E-state index in [1.54, 1.807) is 18.4 Å². The Morgan fingerprint density at radius 2 is 2.27 bits per heavy atom. The molecule has 1 N–H and O–H groups in total. The van der Waals surface area contributed by atoms with Crippen molar-refractivity contribution in [2.24, 2.45) is 5.10 Å². The number of rotatable bonds is 5. The molecule has 10 heteroatoms. The van der Waals surface area contributed by atoms with E-state index in [1.807, 2.05) is 0 Å². The number of aromatic nitrogens is 2. The second-order valence-electron chi connectivity index (χ2n) is 4.20. The third kappa shape index (κ3) is 3.47. The zero-order valence-corrected chi connectivity index (χ0v) is 12.7. The summed E-state index contributed by atoms with van der Waals surface area (Å²) in [5.41, 5.74) is 1.45. The first-order valence-electron chi connectivity index (χ1n) is 5.97. The smallest absolute Gasteiger partial charge is 0.277 e. The number of amides is 1. The number of thiophene rings is 1. The second kappa shape index (κ2) is 6.49. The number of hydrogen-bond donors (Lipinski definition) is 1. The van der Waals surface area contributed by atoms with Crippen molar-refractivity contribution >= 4 is 35.1 Å². The van der Waals surface area contributed by atoms with Crippen LogP contribution in [0.25, 0.3) is 0 Å². The van der Waals surface area contributed by atoms with Crippen LogP contribution in [0.15, 0.2) is 28.8 Å². The average molecular weight is 351 g/mol. The molecule has 1 atom stereocenters. The van der Waals surface area contributed by atoms with Gasteiger partial charge in [0, 0.05) is 6.20 Å². The molecule has 2 aromatic heterocycles. The number of alkyl halides is 3. The van der Waals surface area contributed by atoms with E-state index in [-0.39, 0.29) is 0 Å². The fourth-order valence-electron chi connectivity index (χ4n) is 1.74. The molecule has 2 aromatic rings. The van der Waals surface area contributed by atoms with Crippen LogP contribution in [0.3, 0.4) is 0 Å². The summed E-state index contributed by atoms with van der Waals surface area (Å²) in [6, 6.07) is 1.85. The molecular weight excluding hydrogens is 341 g/mol. The third-order valence-electron chi connectivity index (χ3n) is 2.78. The van der Waals surface area contributed by atoms with E-state index in [0.29, 0.717) is 22.0 Å². The minimum atomic E-state index is -4.52. The monoisotopic (exact) mass is 350 g/mol. The number of nitrogens with zero attached hydrogens (tertiary/aromatic N) is 3. The Balaban J connectivity index is 2.38. The third-order valence-corrected chi connectivity index (χ3v) is 4.14. The van der Waals surface area contributed by atoms with Crippen LogP contribution in [0.4, 0.5) is 13.2 Å². The molecule has 0 aliphatic rings. The van der Waals surface area contributed by atoms with Crippen LogP contribution in [0.5, 0.6) is 0 Å².